The molecule has 1 N–H and O–H groups in total. The highest BCUT2D eigenvalue weighted by Gasteiger charge is 2.41. The second-order valence-electron chi connectivity index (χ2n) is 5.97. The minimum absolute atomic E-state index is 0.103. The number of halogens is 4. The van der Waals surface area contributed by atoms with Crippen LogP contribution in [0.2, 0.25) is 0 Å². The maximum Gasteiger partial charge on any atom is 0.434 e. The average Bonchev–Trinajstić information content (AvgIpc) is 3.14. The number of nitrogens with zero attached hydrogens (tertiary/aromatic N) is 4. The van der Waals surface area contributed by atoms with E-state index in [2.05, 4.69) is 20.6 Å². The number of carbonyl (C=O) groups excluding carboxylic acids is 1. The molecule has 152 valence electrons. The second-order valence-corrected chi connectivity index (χ2v) is 5.97. The van der Waals surface area contributed by atoms with Gasteiger partial charge in [-0.3, -0.25) is 4.79 Å². The van der Waals surface area contributed by atoms with Crippen LogP contribution in [0.5, 0.6) is 5.88 Å². The first kappa shape index (κ1) is 20.2. The van der Waals surface area contributed by atoms with Crippen molar-refractivity contribution >= 4 is 5.91 Å². The number of nitrogens with one attached hydrogen (secondary N) is 1. The van der Waals surface area contributed by atoms with Crippen LogP contribution < -0.4 is 10.1 Å². The third-order valence-electron chi connectivity index (χ3n) is 4.05. The summed E-state index contributed by atoms with van der Waals surface area (Å²) in [6, 6.07) is 7.31. The number of benzene rings is 1. The lowest BCUT2D eigenvalue weighted by molar-refractivity contribution is -0.143. The maximum absolute atomic E-state index is 13.9. The molecule has 0 bridgehead atoms. The van der Waals surface area contributed by atoms with Crippen LogP contribution in [0.4, 0.5) is 17.6 Å². The Hall–Kier alpha value is -3.50. The number of ether oxygens (including phenoxy) is 1. The highest BCUT2D eigenvalue weighted by atomic mass is 19.4. The van der Waals surface area contributed by atoms with E-state index in [1.165, 1.54) is 44.4 Å². The van der Waals surface area contributed by atoms with E-state index in [1.54, 1.807) is 6.07 Å². The summed E-state index contributed by atoms with van der Waals surface area (Å²) in [5.41, 5.74) is -1.91. The van der Waals surface area contributed by atoms with Crippen molar-refractivity contribution in [3.05, 3.63) is 65.2 Å². The van der Waals surface area contributed by atoms with Crippen LogP contribution in [0.25, 0.3) is 5.82 Å². The van der Waals surface area contributed by atoms with Gasteiger partial charge in [0, 0.05) is 11.6 Å². The molecule has 0 aliphatic heterocycles. The first-order chi connectivity index (χ1) is 13.7. The molecular weight excluding hydrogens is 394 g/mol. The number of alkyl halides is 3. The van der Waals surface area contributed by atoms with E-state index >= 15 is 0 Å². The summed E-state index contributed by atoms with van der Waals surface area (Å²) in [5, 5.41) is 13.2. The molecule has 0 radical (unpaired) electrons. The number of methoxy groups -OCH3 is 1. The number of aromatic nitrogens is 4. The zero-order valence-electron chi connectivity index (χ0n) is 15.2. The van der Waals surface area contributed by atoms with Crippen molar-refractivity contribution in [2.75, 3.05) is 7.11 Å². The smallest absolute Gasteiger partial charge is 0.434 e. The SMILES string of the molecule is COc1ccc(-n2ncc(C(=O)NC(C)c3ccccc3F)c2C(F)(F)F)nn1. The first-order valence-electron chi connectivity index (χ1n) is 8.31. The second kappa shape index (κ2) is 7.86. The van der Waals surface area contributed by atoms with Crippen LogP contribution >= 0.6 is 0 Å². The number of amides is 1. The Labute approximate surface area is 162 Å². The van der Waals surface area contributed by atoms with Gasteiger partial charge in [-0.1, -0.05) is 18.2 Å². The lowest BCUT2D eigenvalue weighted by atomic mass is 10.1. The Morgan fingerprint density at radius 2 is 1.90 bits per heavy atom. The van der Waals surface area contributed by atoms with Crippen molar-refractivity contribution in [3.63, 3.8) is 0 Å². The van der Waals surface area contributed by atoms with E-state index in [0.717, 1.165) is 6.20 Å². The van der Waals surface area contributed by atoms with E-state index in [1.807, 2.05) is 0 Å². The average molecular weight is 409 g/mol. The van der Waals surface area contributed by atoms with Crippen molar-refractivity contribution in [2.24, 2.45) is 0 Å². The first-order valence-corrected chi connectivity index (χ1v) is 8.31. The van der Waals surface area contributed by atoms with Crippen molar-refractivity contribution < 1.29 is 27.1 Å². The monoisotopic (exact) mass is 409 g/mol. The summed E-state index contributed by atoms with van der Waals surface area (Å²) in [7, 11) is 1.33. The molecular formula is C18H15F4N5O2. The van der Waals surface area contributed by atoms with Gasteiger partial charge >= 0.3 is 6.18 Å². The van der Waals surface area contributed by atoms with Gasteiger partial charge in [0.15, 0.2) is 11.5 Å². The zero-order valence-corrected chi connectivity index (χ0v) is 15.2. The van der Waals surface area contributed by atoms with Crippen LogP contribution in [0.3, 0.4) is 0 Å². The minimum atomic E-state index is -4.91. The summed E-state index contributed by atoms with van der Waals surface area (Å²) in [4.78, 5) is 12.5. The van der Waals surface area contributed by atoms with Crippen LogP contribution in [0.1, 0.15) is 34.6 Å². The minimum Gasteiger partial charge on any atom is -0.480 e. The third kappa shape index (κ3) is 4.18. The maximum atomic E-state index is 13.9. The van der Waals surface area contributed by atoms with E-state index in [9.17, 15) is 22.4 Å². The molecule has 1 amide bonds. The quantitative estimate of drug-likeness (QED) is 0.654. The largest absolute Gasteiger partial charge is 0.480 e. The Bertz CT molecular complexity index is 1020. The molecule has 2 aromatic heterocycles. The fourth-order valence-corrected chi connectivity index (χ4v) is 2.67. The van der Waals surface area contributed by atoms with Crippen LogP contribution in [-0.4, -0.2) is 33.0 Å². The highest BCUT2D eigenvalue weighted by Crippen LogP contribution is 2.33. The summed E-state index contributed by atoms with van der Waals surface area (Å²) < 4.78 is 60.2. The van der Waals surface area contributed by atoms with E-state index in [4.69, 9.17) is 4.74 Å². The number of carbonyl (C=O) groups is 1. The van der Waals surface area contributed by atoms with E-state index in [0.29, 0.717) is 4.68 Å². The summed E-state index contributed by atoms with van der Waals surface area (Å²) in [6.45, 7) is 1.46. The highest BCUT2D eigenvalue weighted by molar-refractivity contribution is 5.95. The lowest BCUT2D eigenvalue weighted by Gasteiger charge is -2.16. The van der Waals surface area contributed by atoms with Crippen molar-refractivity contribution in [1.29, 1.82) is 0 Å². The van der Waals surface area contributed by atoms with Gasteiger partial charge in [-0.05, 0) is 19.1 Å². The van der Waals surface area contributed by atoms with Crippen LogP contribution in [0, 0.1) is 5.82 Å². The Kier molecular flexibility index (Phi) is 5.48. The van der Waals surface area contributed by atoms with Crippen molar-refractivity contribution in [2.45, 2.75) is 19.1 Å². The molecule has 1 unspecified atom stereocenters. The predicted octanol–water partition coefficient (Wildman–Crippen LogP) is 3.32. The molecule has 3 aromatic rings. The molecule has 0 saturated heterocycles. The van der Waals surface area contributed by atoms with Crippen LogP contribution in [0.15, 0.2) is 42.6 Å². The molecule has 0 aliphatic carbocycles. The molecule has 7 nitrogen and oxygen atoms in total. The molecule has 0 fully saturated rings. The van der Waals surface area contributed by atoms with Gasteiger partial charge in [0.05, 0.1) is 24.9 Å². The van der Waals surface area contributed by atoms with Crippen molar-refractivity contribution in [1.82, 2.24) is 25.3 Å². The van der Waals surface area contributed by atoms with Crippen LogP contribution in [-0.2, 0) is 6.18 Å². The molecule has 0 aliphatic rings. The summed E-state index contributed by atoms with van der Waals surface area (Å²) in [6.07, 6.45) is -4.13. The summed E-state index contributed by atoms with van der Waals surface area (Å²) in [5.74, 6) is -1.79. The fourth-order valence-electron chi connectivity index (χ4n) is 2.67. The fraction of sp³-hybridized carbons (Fsp3) is 0.222. The topological polar surface area (TPSA) is 81.9 Å². The normalized spacial score (nSPS) is 12.5. The van der Waals surface area contributed by atoms with Gasteiger partial charge in [0.1, 0.15) is 5.82 Å². The predicted molar refractivity (Wildman–Crippen MR) is 93.0 cm³/mol. The Morgan fingerprint density at radius 3 is 2.48 bits per heavy atom. The van der Waals surface area contributed by atoms with Gasteiger partial charge in [-0.25, -0.2) is 9.07 Å². The van der Waals surface area contributed by atoms with E-state index < -0.39 is 35.2 Å². The molecule has 0 saturated carbocycles. The molecule has 0 spiro atoms. The Balaban J connectivity index is 1.95. The third-order valence-corrected chi connectivity index (χ3v) is 4.05. The number of hydrogen-bond acceptors (Lipinski definition) is 5. The van der Waals surface area contributed by atoms with E-state index in [-0.39, 0.29) is 17.3 Å². The molecule has 1 atom stereocenters. The van der Waals surface area contributed by atoms with Gasteiger partial charge in [-0.2, -0.15) is 18.3 Å². The lowest BCUT2D eigenvalue weighted by Crippen LogP contribution is -2.29. The zero-order chi connectivity index (χ0) is 21.2. The Morgan fingerprint density at radius 1 is 1.17 bits per heavy atom. The van der Waals surface area contributed by atoms with Gasteiger partial charge in [0.25, 0.3) is 5.91 Å². The van der Waals surface area contributed by atoms with Gasteiger partial charge in [-0.15, -0.1) is 10.2 Å². The number of hydrogen-bond donors (Lipinski definition) is 1. The van der Waals surface area contributed by atoms with Gasteiger partial charge < -0.3 is 10.1 Å². The standard InChI is InChI=1S/C18H15F4N5O2/c1-10(11-5-3-4-6-13(11)19)24-17(28)12-9-23-27(16(12)18(20,21)22)14-7-8-15(29-2)26-25-14/h3-10H,1-2H3,(H,24,28). The van der Waals surface area contributed by atoms with Gasteiger partial charge in [0.2, 0.25) is 5.88 Å². The molecule has 3 rings (SSSR count). The summed E-state index contributed by atoms with van der Waals surface area (Å²) >= 11 is 0. The molecule has 29 heavy (non-hydrogen) atoms. The van der Waals surface area contributed by atoms with Crippen molar-refractivity contribution in [3.8, 4) is 11.7 Å². The molecule has 1 aromatic carbocycles. The molecule has 2 heterocycles. The molecule has 11 heteroatoms. The number of rotatable bonds is 5.